The maximum absolute atomic E-state index is 12.6. The smallest absolute Gasteiger partial charge is 0.254 e. The molecule has 1 fully saturated rings. The topological polar surface area (TPSA) is 91.7 Å². The number of furan rings is 1. The van der Waals surface area contributed by atoms with Crippen LogP contribution in [-0.4, -0.2) is 35.7 Å². The van der Waals surface area contributed by atoms with E-state index in [1.54, 1.807) is 47.6 Å². The average molecular weight is 365 g/mol. The van der Waals surface area contributed by atoms with Crippen LogP contribution in [0.3, 0.4) is 0 Å². The fraction of sp³-hybridized carbons (Fsp3) is 0.250. The summed E-state index contributed by atoms with van der Waals surface area (Å²) >= 11 is 0. The lowest BCUT2D eigenvalue weighted by Gasteiger charge is -2.16. The molecule has 3 amide bonds. The van der Waals surface area contributed by atoms with Crippen LogP contribution in [0.2, 0.25) is 0 Å². The van der Waals surface area contributed by atoms with E-state index in [1.165, 1.54) is 0 Å². The number of anilines is 1. The number of terminal acetylenes is 1. The van der Waals surface area contributed by atoms with Gasteiger partial charge in [0.25, 0.3) is 5.91 Å². The van der Waals surface area contributed by atoms with Gasteiger partial charge in [-0.15, -0.1) is 6.42 Å². The molecule has 3 rings (SSSR count). The van der Waals surface area contributed by atoms with Crippen LogP contribution >= 0.6 is 0 Å². The van der Waals surface area contributed by atoms with Crippen molar-refractivity contribution < 1.29 is 18.8 Å². The van der Waals surface area contributed by atoms with E-state index in [4.69, 9.17) is 10.8 Å². The minimum atomic E-state index is -0.491. The molecule has 138 valence electrons. The first-order valence-electron chi connectivity index (χ1n) is 8.50. The summed E-state index contributed by atoms with van der Waals surface area (Å²) < 4.78 is 5.26. The number of rotatable bonds is 6. The Morgan fingerprint density at radius 1 is 1.26 bits per heavy atom. The van der Waals surface area contributed by atoms with Gasteiger partial charge in [-0.1, -0.05) is 18.1 Å². The molecule has 0 saturated carbocycles. The highest BCUT2D eigenvalue weighted by Crippen LogP contribution is 2.23. The van der Waals surface area contributed by atoms with Crippen LogP contribution in [0.4, 0.5) is 5.69 Å². The number of carbonyl (C=O) groups is 3. The summed E-state index contributed by atoms with van der Waals surface area (Å²) in [5, 5.41) is 5.33. The predicted molar refractivity (Wildman–Crippen MR) is 98.5 cm³/mol. The predicted octanol–water partition coefficient (Wildman–Crippen LogP) is 1.63. The Bertz CT molecular complexity index is 883. The summed E-state index contributed by atoms with van der Waals surface area (Å²) in [5.41, 5.74) is 0.701. The Morgan fingerprint density at radius 3 is 2.81 bits per heavy atom. The largest absolute Gasteiger partial charge is 0.467 e. The lowest BCUT2D eigenvalue weighted by molar-refractivity contribution is -0.128. The molecule has 2 heterocycles. The SMILES string of the molecule is C#CCNC(=O)c1ccccc1NC(=O)C1CC(=O)N(Cc2ccco2)C1. The molecule has 1 aromatic heterocycles. The molecular formula is C20H19N3O4. The van der Waals surface area contributed by atoms with Gasteiger partial charge in [0.2, 0.25) is 11.8 Å². The van der Waals surface area contributed by atoms with E-state index in [9.17, 15) is 14.4 Å². The van der Waals surface area contributed by atoms with E-state index in [-0.39, 0.29) is 30.7 Å². The number of para-hydroxylation sites is 1. The van der Waals surface area contributed by atoms with Crippen LogP contribution in [0.15, 0.2) is 47.1 Å². The molecule has 2 aromatic rings. The Hall–Kier alpha value is -3.53. The highest BCUT2D eigenvalue weighted by molar-refractivity contribution is 6.05. The van der Waals surface area contributed by atoms with Gasteiger partial charge in [0, 0.05) is 13.0 Å². The number of hydrogen-bond acceptors (Lipinski definition) is 4. The van der Waals surface area contributed by atoms with Crippen molar-refractivity contribution in [2.75, 3.05) is 18.4 Å². The van der Waals surface area contributed by atoms with Crippen molar-refractivity contribution >= 4 is 23.4 Å². The van der Waals surface area contributed by atoms with Gasteiger partial charge in [-0.3, -0.25) is 14.4 Å². The Kier molecular flexibility index (Phi) is 5.57. The van der Waals surface area contributed by atoms with E-state index < -0.39 is 5.92 Å². The third-order valence-electron chi connectivity index (χ3n) is 4.29. The molecule has 0 bridgehead atoms. The lowest BCUT2D eigenvalue weighted by atomic mass is 10.1. The maximum Gasteiger partial charge on any atom is 0.254 e. The number of likely N-dealkylation sites (tertiary alicyclic amines) is 1. The van der Waals surface area contributed by atoms with Crippen LogP contribution in [-0.2, 0) is 16.1 Å². The third-order valence-corrected chi connectivity index (χ3v) is 4.29. The molecule has 7 nitrogen and oxygen atoms in total. The number of hydrogen-bond donors (Lipinski definition) is 2. The fourth-order valence-corrected chi connectivity index (χ4v) is 2.94. The van der Waals surface area contributed by atoms with Crippen molar-refractivity contribution in [3.05, 3.63) is 54.0 Å². The fourth-order valence-electron chi connectivity index (χ4n) is 2.94. The van der Waals surface area contributed by atoms with Crippen molar-refractivity contribution in [2.45, 2.75) is 13.0 Å². The second kappa shape index (κ2) is 8.23. The summed E-state index contributed by atoms with van der Waals surface area (Å²) in [6, 6.07) is 10.2. The monoisotopic (exact) mass is 365 g/mol. The summed E-state index contributed by atoms with van der Waals surface area (Å²) in [4.78, 5) is 38.6. The summed E-state index contributed by atoms with van der Waals surface area (Å²) in [6.07, 6.45) is 6.82. The molecule has 1 aliphatic rings. The van der Waals surface area contributed by atoms with Crippen molar-refractivity contribution in [3.63, 3.8) is 0 Å². The quantitative estimate of drug-likeness (QED) is 0.761. The first-order valence-corrected chi connectivity index (χ1v) is 8.50. The third kappa shape index (κ3) is 4.36. The van der Waals surface area contributed by atoms with Crippen molar-refractivity contribution in [1.82, 2.24) is 10.2 Å². The second-order valence-corrected chi connectivity index (χ2v) is 6.18. The minimum absolute atomic E-state index is 0.0972. The van der Waals surface area contributed by atoms with Gasteiger partial charge >= 0.3 is 0 Å². The molecule has 2 N–H and O–H groups in total. The van der Waals surface area contributed by atoms with Gasteiger partial charge in [0.1, 0.15) is 5.76 Å². The molecule has 0 spiro atoms. The van der Waals surface area contributed by atoms with Crippen molar-refractivity contribution in [2.24, 2.45) is 5.92 Å². The van der Waals surface area contributed by atoms with E-state index in [2.05, 4.69) is 16.6 Å². The van der Waals surface area contributed by atoms with Gasteiger partial charge in [-0.2, -0.15) is 0 Å². The van der Waals surface area contributed by atoms with Gasteiger partial charge < -0.3 is 20.0 Å². The molecule has 7 heteroatoms. The zero-order chi connectivity index (χ0) is 19.2. The summed E-state index contributed by atoms with van der Waals surface area (Å²) in [6.45, 7) is 0.734. The number of amides is 3. The molecule has 0 aliphatic carbocycles. The normalized spacial score (nSPS) is 16.0. The van der Waals surface area contributed by atoms with Gasteiger partial charge in [-0.05, 0) is 24.3 Å². The zero-order valence-electron chi connectivity index (χ0n) is 14.6. The Morgan fingerprint density at radius 2 is 2.07 bits per heavy atom. The van der Waals surface area contributed by atoms with E-state index in [0.717, 1.165) is 0 Å². The number of nitrogens with one attached hydrogen (secondary N) is 2. The van der Waals surface area contributed by atoms with E-state index in [0.29, 0.717) is 30.1 Å². The zero-order valence-corrected chi connectivity index (χ0v) is 14.6. The standard InChI is InChI=1S/C20H19N3O4/c1-2-9-21-20(26)16-7-3-4-8-17(16)22-19(25)14-11-18(24)23(12-14)13-15-6-5-10-27-15/h1,3-8,10,14H,9,11-13H2,(H,21,26)(H,22,25). The van der Waals surface area contributed by atoms with Crippen LogP contribution in [0.25, 0.3) is 0 Å². The first-order chi connectivity index (χ1) is 13.1. The van der Waals surface area contributed by atoms with Crippen LogP contribution in [0, 0.1) is 18.3 Å². The van der Waals surface area contributed by atoms with Crippen molar-refractivity contribution in [3.8, 4) is 12.3 Å². The van der Waals surface area contributed by atoms with Crippen LogP contribution in [0.5, 0.6) is 0 Å². The second-order valence-electron chi connectivity index (χ2n) is 6.18. The molecule has 1 saturated heterocycles. The molecule has 1 aromatic carbocycles. The van der Waals surface area contributed by atoms with E-state index in [1.807, 2.05) is 0 Å². The first kappa shape index (κ1) is 18.3. The minimum Gasteiger partial charge on any atom is -0.467 e. The number of nitrogens with zero attached hydrogens (tertiary/aromatic N) is 1. The van der Waals surface area contributed by atoms with Gasteiger partial charge in [0.05, 0.1) is 36.5 Å². The molecule has 1 aliphatic heterocycles. The number of carbonyl (C=O) groups excluding carboxylic acids is 3. The van der Waals surface area contributed by atoms with Gasteiger partial charge in [0.15, 0.2) is 0 Å². The average Bonchev–Trinajstić information content (AvgIpc) is 3.30. The molecular weight excluding hydrogens is 346 g/mol. The summed E-state index contributed by atoms with van der Waals surface area (Å²) in [5.74, 6) is 1.73. The summed E-state index contributed by atoms with van der Waals surface area (Å²) in [7, 11) is 0. The maximum atomic E-state index is 12.6. The molecule has 0 radical (unpaired) electrons. The highest BCUT2D eigenvalue weighted by Gasteiger charge is 2.35. The van der Waals surface area contributed by atoms with Gasteiger partial charge in [-0.25, -0.2) is 0 Å². The Balaban J connectivity index is 1.65. The lowest BCUT2D eigenvalue weighted by Crippen LogP contribution is -2.29. The van der Waals surface area contributed by atoms with Crippen LogP contribution < -0.4 is 10.6 Å². The molecule has 1 unspecified atom stereocenters. The molecule has 1 atom stereocenters. The highest BCUT2D eigenvalue weighted by atomic mass is 16.3. The van der Waals surface area contributed by atoms with E-state index >= 15 is 0 Å². The van der Waals surface area contributed by atoms with Crippen molar-refractivity contribution in [1.29, 1.82) is 0 Å². The Labute approximate surface area is 156 Å². The van der Waals surface area contributed by atoms with Crippen LogP contribution in [0.1, 0.15) is 22.5 Å². The number of benzene rings is 1. The molecule has 27 heavy (non-hydrogen) atoms.